The lowest BCUT2D eigenvalue weighted by Gasteiger charge is -2.33. The van der Waals surface area contributed by atoms with E-state index in [1.165, 1.54) is 12.1 Å². The van der Waals surface area contributed by atoms with Crippen LogP contribution >= 0.6 is 0 Å². The second-order valence-electron chi connectivity index (χ2n) is 5.20. The molecule has 0 spiro atoms. The van der Waals surface area contributed by atoms with Gasteiger partial charge in [-0.15, -0.1) is 0 Å². The first-order valence-corrected chi connectivity index (χ1v) is 7.01. The van der Waals surface area contributed by atoms with Crippen molar-refractivity contribution in [3.63, 3.8) is 0 Å². The van der Waals surface area contributed by atoms with Crippen molar-refractivity contribution in [1.29, 1.82) is 0 Å². The molecule has 0 bridgehead atoms. The number of halogens is 2. The van der Waals surface area contributed by atoms with Gasteiger partial charge in [0.05, 0.1) is 0 Å². The van der Waals surface area contributed by atoms with E-state index >= 15 is 0 Å². The smallest absolute Gasteiger partial charge is 0.263 e. The number of hydrogen-bond donors (Lipinski definition) is 1. The fourth-order valence-corrected chi connectivity index (χ4v) is 2.91. The van der Waals surface area contributed by atoms with Crippen LogP contribution in [0.25, 0.3) is 0 Å². The third kappa shape index (κ3) is 3.31. The number of alkyl halides is 2. The molecule has 1 aromatic carbocycles. The maximum absolute atomic E-state index is 12.6. The zero-order chi connectivity index (χ0) is 13.8. The van der Waals surface area contributed by atoms with Crippen LogP contribution in [0.4, 0.5) is 8.78 Å². The van der Waals surface area contributed by atoms with Crippen molar-refractivity contribution in [2.45, 2.75) is 44.7 Å². The summed E-state index contributed by atoms with van der Waals surface area (Å²) in [5.74, 6) is 0. The van der Waals surface area contributed by atoms with Gasteiger partial charge in [0.1, 0.15) is 0 Å². The van der Waals surface area contributed by atoms with Crippen LogP contribution in [-0.4, -0.2) is 24.0 Å². The minimum Gasteiger partial charge on any atom is -0.326 e. The quantitative estimate of drug-likeness (QED) is 0.909. The van der Waals surface area contributed by atoms with E-state index < -0.39 is 6.43 Å². The molecule has 1 aliphatic heterocycles. The molecule has 4 heteroatoms. The Morgan fingerprint density at radius 1 is 1.26 bits per heavy atom. The van der Waals surface area contributed by atoms with Crippen LogP contribution in [0.3, 0.4) is 0 Å². The van der Waals surface area contributed by atoms with Crippen LogP contribution in [0.15, 0.2) is 24.3 Å². The van der Waals surface area contributed by atoms with E-state index in [0.29, 0.717) is 0 Å². The monoisotopic (exact) mass is 268 g/mol. The summed E-state index contributed by atoms with van der Waals surface area (Å²) in [6.45, 7) is 4.10. The molecule has 1 heterocycles. The summed E-state index contributed by atoms with van der Waals surface area (Å²) in [6, 6.07) is 6.88. The minimum absolute atomic E-state index is 0.0778. The zero-order valence-corrected chi connectivity index (χ0v) is 11.4. The molecule has 2 nitrogen and oxygen atoms in total. The molecule has 2 unspecified atom stereocenters. The molecule has 1 fully saturated rings. The van der Waals surface area contributed by atoms with Crippen molar-refractivity contribution in [1.82, 2.24) is 4.90 Å². The standard InChI is InChI=1S/C15H22F2N2/c1-2-19-10-4-3-5-13(18)14(19)11-6-8-12(9-7-11)15(16)17/h6-9,13-15H,2-5,10,18H2,1H3. The number of rotatable bonds is 3. The number of likely N-dealkylation sites (tertiary alicyclic amines) is 1. The minimum atomic E-state index is -2.40. The third-order valence-electron chi connectivity index (χ3n) is 3.97. The molecular formula is C15H22F2N2. The van der Waals surface area contributed by atoms with Crippen molar-refractivity contribution in [3.05, 3.63) is 35.4 Å². The Hall–Kier alpha value is -1.00. The van der Waals surface area contributed by atoms with Crippen LogP contribution in [0.2, 0.25) is 0 Å². The highest BCUT2D eigenvalue weighted by Crippen LogP contribution is 2.30. The lowest BCUT2D eigenvalue weighted by Crippen LogP contribution is -2.39. The summed E-state index contributed by atoms with van der Waals surface area (Å²) in [5, 5.41) is 0. The Balaban J connectivity index is 2.24. The van der Waals surface area contributed by atoms with Gasteiger partial charge < -0.3 is 5.73 Å². The first-order chi connectivity index (χ1) is 9.13. The summed E-state index contributed by atoms with van der Waals surface area (Å²) in [7, 11) is 0. The van der Waals surface area contributed by atoms with Gasteiger partial charge in [0.2, 0.25) is 0 Å². The lowest BCUT2D eigenvalue weighted by molar-refractivity contribution is 0.151. The van der Waals surface area contributed by atoms with Gasteiger partial charge in [0.15, 0.2) is 0 Å². The average molecular weight is 268 g/mol. The van der Waals surface area contributed by atoms with Crippen LogP contribution < -0.4 is 5.73 Å². The van der Waals surface area contributed by atoms with Gasteiger partial charge in [-0.3, -0.25) is 4.90 Å². The first kappa shape index (κ1) is 14.4. The van der Waals surface area contributed by atoms with E-state index in [-0.39, 0.29) is 17.6 Å². The molecule has 19 heavy (non-hydrogen) atoms. The second kappa shape index (κ2) is 6.44. The highest BCUT2D eigenvalue weighted by Gasteiger charge is 2.27. The fraction of sp³-hybridized carbons (Fsp3) is 0.600. The summed E-state index contributed by atoms with van der Waals surface area (Å²) in [6.07, 6.45) is 0.896. The Bertz CT molecular complexity index is 392. The number of benzene rings is 1. The molecule has 1 aliphatic rings. The number of nitrogens with zero attached hydrogens (tertiary/aromatic N) is 1. The van der Waals surface area contributed by atoms with Gasteiger partial charge in [-0.2, -0.15) is 0 Å². The molecule has 0 radical (unpaired) electrons. The van der Waals surface area contributed by atoms with Crippen LogP contribution in [0.5, 0.6) is 0 Å². The molecular weight excluding hydrogens is 246 g/mol. The van der Waals surface area contributed by atoms with E-state index in [1.54, 1.807) is 12.1 Å². The molecule has 2 atom stereocenters. The average Bonchev–Trinajstić information content (AvgIpc) is 2.60. The third-order valence-corrected chi connectivity index (χ3v) is 3.97. The predicted octanol–water partition coefficient (Wildman–Crippen LogP) is 3.50. The number of hydrogen-bond acceptors (Lipinski definition) is 2. The van der Waals surface area contributed by atoms with E-state index in [1.807, 2.05) is 0 Å². The topological polar surface area (TPSA) is 29.3 Å². The first-order valence-electron chi connectivity index (χ1n) is 7.01. The van der Waals surface area contributed by atoms with Gasteiger partial charge in [-0.05, 0) is 31.5 Å². The van der Waals surface area contributed by atoms with Crippen molar-refractivity contribution in [2.75, 3.05) is 13.1 Å². The highest BCUT2D eigenvalue weighted by atomic mass is 19.3. The Labute approximate surface area is 113 Å². The van der Waals surface area contributed by atoms with Crippen LogP contribution in [-0.2, 0) is 0 Å². The van der Waals surface area contributed by atoms with E-state index in [9.17, 15) is 8.78 Å². The molecule has 2 N–H and O–H groups in total. The van der Waals surface area contributed by atoms with Crippen molar-refractivity contribution in [3.8, 4) is 0 Å². The normalized spacial score (nSPS) is 25.5. The van der Waals surface area contributed by atoms with Crippen molar-refractivity contribution in [2.24, 2.45) is 5.73 Å². The lowest BCUT2D eigenvalue weighted by atomic mass is 9.95. The van der Waals surface area contributed by atoms with Crippen LogP contribution in [0.1, 0.15) is 49.8 Å². The van der Waals surface area contributed by atoms with Crippen molar-refractivity contribution < 1.29 is 8.78 Å². The summed E-state index contributed by atoms with van der Waals surface area (Å²) >= 11 is 0. The molecule has 0 aliphatic carbocycles. The molecule has 2 rings (SSSR count). The largest absolute Gasteiger partial charge is 0.326 e. The second-order valence-corrected chi connectivity index (χ2v) is 5.20. The fourth-order valence-electron chi connectivity index (χ4n) is 2.91. The van der Waals surface area contributed by atoms with Gasteiger partial charge in [0.25, 0.3) is 6.43 Å². The Morgan fingerprint density at radius 3 is 2.53 bits per heavy atom. The molecule has 0 saturated carbocycles. The molecule has 106 valence electrons. The summed E-state index contributed by atoms with van der Waals surface area (Å²) in [4.78, 5) is 2.36. The molecule has 1 aromatic rings. The van der Waals surface area contributed by atoms with Gasteiger partial charge in [-0.25, -0.2) is 8.78 Å². The van der Waals surface area contributed by atoms with Gasteiger partial charge >= 0.3 is 0 Å². The highest BCUT2D eigenvalue weighted by molar-refractivity contribution is 5.27. The van der Waals surface area contributed by atoms with E-state index in [0.717, 1.165) is 37.9 Å². The maximum atomic E-state index is 12.6. The SMILES string of the molecule is CCN1CCCCC(N)C1c1ccc(C(F)F)cc1. The van der Waals surface area contributed by atoms with Crippen molar-refractivity contribution >= 4 is 0 Å². The molecule has 1 saturated heterocycles. The number of likely N-dealkylation sites (N-methyl/N-ethyl adjacent to an activating group) is 1. The summed E-state index contributed by atoms with van der Waals surface area (Å²) < 4.78 is 25.2. The van der Waals surface area contributed by atoms with E-state index in [4.69, 9.17) is 5.73 Å². The Kier molecular flexibility index (Phi) is 4.88. The zero-order valence-electron chi connectivity index (χ0n) is 11.4. The Morgan fingerprint density at radius 2 is 1.95 bits per heavy atom. The van der Waals surface area contributed by atoms with Gasteiger partial charge in [-0.1, -0.05) is 37.6 Å². The number of nitrogens with two attached hydrogens (primary N) is 1. The maximum Gasteiger partial charge on any atom is 0.263 e. The summed E-state index contributed by atoms with van der Waals surface area (Å²) in [5.41, 5.74) is 7.42. The van der Waals surface area contributed by atoms with Crippen LogP contribution in [0, 0.1) is 0 Å². The molecule has 0 aromatic heterocycles. The van der Waals surface area contributed by atoms with E-state index in [2.05, 4.69) is 11.8 Å². The molecule has 0 amide bonds. The predicted molar refractivity (Wildman–Crippen MR) is 73.2 cm³/mol. The van der Waals surface area contributed by atoms with Gasteiger partial charge in [0, 0.05) is 17.6 Å².